The molecule has 4 heteroatoms. The normalized spacial score (nSPS) is 16.3. The molecule has 0 amide bonds. The molecule has 0 radical (unpaired) electrons. The number of benzene rings is 1. The second-order valence-corrected chi connectivity index (χ2v) is 4.86. The van der Waals surface area contributed by atoms with Crippen molar-refractivity contribution in [3.05, 3.63) is 35.1 Å². The largest absolute Gasteiger partial charge is 0.377 e. The molecule has 2 unspecified atom stereocenters. The number of nitrogens with one attached hydrogen (secondary N) is 1. The van der Waals surface area contributed by atoms with Crippen molar-refractivity contribution in [3.63, 3.8) is 0 Å². The van der Waals surface area contributed by atoms with Crippen LogP contribution in [0.1, 0.15) is 31.4 Å². The molecule has 18 heavy (non-hydrogen) atoms. The zero-order valence-electron chi connectivity index (χ0n) is 11.6. The Morgan fingerprint density at radius 3 is 2.67 bits per heavy atom. The lowest BCUT2D eigenvalue weighted by molar-refractivity contribution is -0.0288. The van der Waals surface area contributed by atoms with Crippen LogP contribution in [0.15, 0.2) is 18.2 Å². The average Bonchev–Trinajstić information content (AvgIpc) is 2.38. The molecule has 2 atom stereocenters. The third-order valence-electron chi connectivity index (χ3n) is 3.84. The predicted octanol–water partition coefficient (Wildman–Crippen LogP) is 2.32. The van der Waals surface area contributed by atoms with Gasteiger partial charge in [-0.3, -0.25) is 11.3 Å². The fourth-order valence-corrected chi connectivity index (χ4v) is 2.06. The van der Waals surface area contributed by atoms with Gasteiger partial charge in [-0.25, -0.2) is 4.39 Å². The van der Waals surface area contributed by atoms with Crippen LogP contribution in [0.25, 0.3) is 0 Å². The van der Waals surface area contributed by atoms with Crippen LogP contribution < -0.4 is 11.3 Å². The molecule has 0 aliphatic rings. The van der Waals surface area contributed by atoms with Crippen molar-refractivity contribution in [3.8, 4) is 0 Å². The summed E-state index contributed by atoms with van der Waals surface area (Å²) < 4.78 is 18.8. The summed E-state index contributed by atoms with van der Waals surface area (Å²) >= 11 is 0. The Labute approximate surface area is 108 Å². The van der Waals surface area contributed by atoms with Crippen LogP contribution >= 0.6 is 0 Å². The molecule has 1 aromatic carbocycles. The van der Waals surface area contributed by atoms with Gasteiger partial charge in [0.15, 0.2) is 0 Å². The molecule has 0 bridgehead atoms. The van der Waals surface area contributed by atoms with Gasteiger partial charge in [0.25, 0.3) is 0 Å². The molecule has 3 N–H and O–H groups in total. The van der Waals surface area contributed by atoms with E-state index in [0.717, 1.165) is 17.5 Å². The first-order chi connectivity index (χ1) is 8.46. The molecule has 0 spiro atoms. The van der Waals surface area contributed by atoms with E-state index in [4.69, 9.17) is 10.6 Å². The second-order valence-electron chi connectivity index (χ2n) is 4.86. The Morgan fingerprint density at radius 2 is 2.17 bits per heavy atom. The molecule has 102 valence electrons. The SMILES string of the molecule is CCC(C)(OC)C(Cc1cc(F)ccc1C)NN. The molecule has 0 heterocycles. The predicted molar refractivity (Wildman–Crippen MR) is 71.7 cm³/mol. The topological polar surface area (TPSA) is 47.3 Å². The zero-order valence-corrected chi connectivity index (χ0v) is 11.6. The van der Waals surface area contributed by atoms with E-state index in [0.29, 0.717) is 6.42 Å². The molecule has 0 saturated carbocycles. The van der Waals surface area contributed by atoms with Gasteiger partial charge in [0.2, 0.25) is 0 Å². The van der Waals surface area contributed by atoms with Gasteiger partial charge in [-0.05, 0) is 49.9 Å². The lowest BCUT2D eigenvalue weighted by Crippen LogP contribution is -2.53. The smallest absolute Gasteiger partial charge is 0.123 e. The summed E-state index contributed by atoms with van der Waals surface area (Å²) in [5, 5.41) is 0. The number of rotatable bonds is 6. The molecule has 1 rings (SSSR count). The van der Waals surface area contributed by atoms with Crippen LogP contribution in [0.4, 0.5) is 4.39 Å². The van der Waals surface area contributed by atoms with Gasteiger partial charge in [0, 0.05) is 7.11 Å². The van der Waals surface area contributed by atoms with E-state index in [2.05, 4.69) is 5.43 Å². The van der Waals surface area contributed by atoms with Crippen molar-refractivity contribution in [2.45, 2.75) is 45.3 Å². The Morgan fingerprint density at radius 1 is 1.50 bits per heavy atom. The fourth-order valence-electron chi connectivity index (χ4n) is 2.06. The lowest BCUT2D eigenvalue weighted by atomic mass is 9.87. The molecule has 0 saturated heterocycles. The van der Waals surface area contributed by atoms with Gasteiger partial charge in [0.05, 0.1) is 11.6 Å². The lowest BCUT2D eigenvalue weighted by Gasteiger charge is -2.35. The molecule has 3 nitrogen and oxygen atoms in total. The number of halogens is 1. The first-order valence-corrected chi connectivity index (χ1v) is 6.23. The van der Waals surface area contributed by atoms with E-state index in [1.807, 2.05) is 20.8 Å². The van der Waals surface area contributed by atoms with Crippen molar-refractivity contribution >= 4 is 0 Å². The minimum atomic E-state index is -0.368. The number of ether oxygens (including phenoxy) is 1. The van der Waals surface area contributed by atoms with Crippen LogP contribution in [0.3, 0.4) is 0 Å². The fraction of sp³-hybridized carbons (Fsp3) is 0.571. The number of hydrogen-bond donors (Lipinski definition) is 2. The van der Waals surface area contributed by atoms with Crippen LogP contribution in [-0.2, 0) is 11.2 Å². The molecular formula is C14H23FN2O. The molecule has 0 aliphatic carbocycles. The Kier molecular flexibility index (Phi) is 5.26. The maximum absolute atomic E-state index is 13.3. The summed E-state index contributed by atoms with van der Waals surface area (Å²) in [4.78, 5) is 0. The van der Waals surface area contributed by atoms with Gasteiger partial charge >= 0.3 is 0 Å². The molecule has 0 aliphatic heterocycles. The van der Waals surface area contributed by atoms with Crippen molar-refractivity contribution < 1.29 is 9.13 Å². The highest BCUT2D eigenvalue weighted by molar-refractivity contribution is 5.27. The number of hydrogen-bond acceptors (Lipinski definition) is 3. The maximum Gasteiger partial charge on any atom is 0.123 e. The summed E-state index contributed by atoms with van der Waals surface area (Å²) in [7, 11) is 1.67. The van der Waals surface area contributed by atoms with Gasteiger partial charge in [0.1, 0.15) is 5.82 Å². The third-order valence-corrected chi connectivity index (χ3v) is 3.84. The van der Waals surface area contributed by atoms with E-state index < -0.39 is 0 Å². The van der Waals surface area contributed by atoms with E-state index in [1.54, 1.807) is 19.2 Å². The van der Waals surface area contributed by atoms with E-state index in [1.165, 1.54) is 6.07 Å². The summed E-state index contributed by atoms with van der Waals surface area (Å²) in [5.74, 6) is 5.40. The van der Waals surface area contributed by atoms with Gasteiger partial charge in [-0.15, -0.1) is 0 Å². The minimum Gasteiger partial charge on any atom is -0.377 e. The van der Waals surface area contributed by atoms with Crippen LogP contribution in [0.2, 0.25) is 0 Å². The maximum atomic E-state index is 13.3. The first-order valence-electron chi connectivity index (χ1n) is 6.23. The quantitative estimate of drug-likeness (QED) is 0.605. The number of methoxy groups -OCH3 is 1. The Balaban J connectivity index is 2.95. The number of aryl methyl sites for hydroxylation is 1. The Bertz CT molecular complexity index is 391. The van der Waals surface area contributed by atoms with Crippen LogP contribution in [0, 0.1) is 12.7 Å². The summed E-state index contributed by atoms with van der Waals surface area (Å²) in [6.07, 6.45) is 1.46. The van der Waals surface area contributed by atoms with Crippen LogP contribution in [-0.4, -0.2) is 18.8 Å². The van der Waals surface area contributed by atoms with Crippen molar-refractivity contribution in [1.82, 2.24) is 5.43 Å². The second kappa shape index (κ2) is 6.27. The van der Waals surface area contributed by atoms with Gasteiger partial charge in [-0.1, -0.05) is 13.0 Å². The molecular weight excluding hydrogens is 231 g/mol. The highest BCUT2D eigenvalue weighted by atomic mass is 19.1. The minimum absolute atomic E-state index is 0.0620. The van der Waals surface area contributed by atoms with E-state index in [-0.39, 0.29) is 17.5 Å². The van der Waals surface area contributed by atoms with Gasteiger partial charge in [-0.2, -0.15) is 0 Å². The Hall–Kier alpha value is -0.970. The third kappa shape index (κ3) is 3.28. The molecule has 0 aromatic heterocycles. The number of nitrogens with two attached hydrogens (primary N) is 1. The summed E-state index contributed by atoms with van der Waals surface area (Å²) in [5.41, 5.74) is 4.44. The zero-order chi connectivity index (χ0) is 13.8. The molecule has 0 fully saturated rings. The average molecular weight is 254 g/mol. The van der Waals surface area contributed by atoms with Crippen LogP contribution in [0.5, 0.6) is 0 Å². The first kappa shape index (κ1) is 15.1. The van der Waals surface area contributed by atoms with Crippen molar-refractivity contribution in [2.24, 2.45) is 5.84 Å². The van der Waals surface area contributed by atoms with Crippen molar-refractivity contribution in [1.29, 1.82) is 0 Å². The summed E-state index contributed by atoms with van der Waals surface area (Å²) in [6, 6.07) is 4.76. The monoisotopic (exact) mass is 254 g/mol. The number of hydrazine groups is 1. The van der Waals surface area contributed by atoms with Gasteiger partial charge < -0.3 is 4.74 Å². The summed E-state index contributed by atoms with van der Waals surface area (Å²) in [6.45, 7) is 6.02. The highest BCUT2D eigenvalue weighted by Crippen LogP contribution is 2.23. The van der Waals surface area contributed by atoms with Crippen molar-refractivity contribution in [2.75, 3.05) is 7.11 Å². The highest BCUT2D eigenvalue weighted by Gasteiger charge is 2.32. The standard InChI is InChI=1S/C14H23FN2O/c1-5-14(3,18-4)13(17-16)9-11-8-12(15)7-6-10(11)2/h6-8,13,17H,5,9,16H2,1-4H3. The molecule has 1 aromatic rings. The van der Waals surface area contributed by atoms with E-state index in [9.17, 15) is 4.39 Å². The van der Waals surface area contributed by atoms with E-state index >= 15 is 0 Å².